The van der Waals surface area contributed by atoms with Gasteiger partial charge in [0.15, 0.2) is 0 Å². The van der Waals surface area contributed by atoms with Gasteiger partial charge in [-0.05, 0) is 49.6 Å². The summed E-state index contributed by atoms with van der Waals surface area (Å²) in [5, 5.41) is 32.3. The molecule has 31 heavy (non-hydrogen) atoms. The summed E-state index contributed by atoms with van der Waals surface area (Å²) in [5.74, 6) is 0.0460. The second kappa shape index (κ2) is 14.9. The van der Waals surface area contributed by atoms with E-state index in [1.807, 2.05) is 18.2 Å². The highest BCUT2D eigenvalue weighted by Crippen LogP contribution is 2.22. The third-order valence-corrected chi connectivity index (χ3v) is 5.25. The number of unbranched alkanes of at least 4 members (excludes halogenated alkanes) is 3. The number of aliphatic hydroxyl groups excluding tert-OH is 2. The number of hydrogen-bond acceptors (Lipinski definition) is 6. The number of benzene rings is 2. The first kappa shape index (κ1) is 25.3. The van der Waals surface area contributed by atoms with Gasteiger partial charge in [0, 0.05) is 18.7 Å². The van der Waals surface area contributed by atoms with E-state index in [9.17, 15) is 15.3 Å². The molecule has 0 radical (unpaired) electrons. The summed E-state index contributed by atoms with van der Waals surface area (Å²) in [6, 6.07) is 15.0. The molecular weight excluding hydrogens is 394 g/mol. The molecule has 0 fully saturated rings. The molecule has 2 aromatic carbocycles. The first-order valence-electron chi connectivity index (χ1n) is 11.2. The van der Waals surface area contributed by atoms with Gasteiger partial charge in [0.25, 0.3) is 0 Å². The number of rotatable bonds is 16. The predicted molar refractivity (Wildman–Crippen MR) is 122 cm³/mol. The topological polar surface area (TPSA) is 91.2 Å². The van der Waals surface area contributed by atoms with Gasteiger partial charge in [-0.25, -0.2) is 0 Å². The van der Waals surface area contributed by atoms with Crippen LogP contribution in [0.4, 0.5) is 0 Å². The molecule has 0 spiro atoms. The van der Waals surface area contributed by atoms with Crippen molar-refractivity contribution in [2.75, 3.05) is 32.9 Å². The van der Waals surface area contributed by atoms with E-state index in [0.29, 0.717) is 30.9 Å². The molecule has 0 saturated carbocycles. The minimum atomic E-state index is -0.661. The highest BCUT2D eigenvalue weighted by Gasteiger charge is 2.10. The fraction of sp³-hybridized carbons (Fsp3) is 0.520. The van der Waals surface area contributed by atoms with Gasteiger partial charge in [0.2, 0.25) is 0 Å². The maximum absolute atomic E-state index is 10.2. The van der Waals surface area contributed by atoms with Gasteiger partial charge in [-0.1, -0.05) is 49.2 Å². The fourth-order valence-electron chi connectivity index (χ4n) is 3.31. The van der Waals surface area contributed by atoms with E-state index in [-0.39, 0.29) is 18.5 Å². The number of ether oxygens (including phenoxy) is 2. The fourth-order valence-corrected chi connectivity index (χ4v) is 3.31. The van der Waals surface area contributed by atoms with Crippen LogP contribution in [0.2, 0.25) is 0 Å². The Morgan fingerprint density at radius 1 is 0.903 bits per heavy atom. The third kappa shape index (κ3) is 9.80. The van der Waals surface area contributed by atoms with E-state index in [1.54, 1.807) is 12.1 Å². The highest BCUT2D eigenvalue weighted by atomic mass is 16.5. The van der Waals surface area contributed by atoms with Crippen molar-refractivity contribution < 1.29 is 24.8 Å². The lowest BCUT2D eigenvalue weighted by Gasteiger charge is -2.14. The van der Waals surface area contributed by atoms with E-state index in [1.165, 1.54) is 11.6 Å². The molecule has 0 unspecified atom stereocenters. The molecule has 2 atom stereocenters. The second-order valence-corrected chi connectivity index (χ2v) is 7.72. The Bertz CT molecular complexity index is 725. The van der Waals surface area contributed by atoms with Crippen LogP contribution >= 0.6 is 0 Å². The summed E-state index contributed by atoms with van der Waals surface area (Å²) in [6.45, 7) is 5.06. The van der Waals surface area contributed by atoms with Gasteiger partial charge in [-0.15, -0.1) is 0 Å². The first-order valence-corrected chi connectivity index (χ1v) is 11.2. The summed E-state index contributed by atoms with van der Waals surface area (Å²) in [5.41, 5.74) is 2.30. The third-order valence-electron chi connectivity index (χ3n) is 5.25. The largest absolute Gasteiger partial charge is 0.508 e. The van der Waals surface area contributed by atoms with Crippen LogP contribution in [-0.2, 0) is 16.1 Å². The maximum atomic E-state index is 10.2. The standard InChI is InChI=1S/C25H37NO5/c1-20(21-9-5-4-6-10-21)31-16-15-30-14-8-3-2-7-13-26-18-25(29)22-11-12-24(28)23(17-22)19-27/h4-6,9-12,17,20,25-29H,2-3,7-8,13-16,18-19H2,1H3/t20-,25+/m1/s1. The molecule has 2 rings (SSSR count). The molecule has 4 N–H and O–H groups in total. The minimum absolute atomic E-state index is 0.0460. The minimum Gasteiger partial charge on any atom is -0.508 e. The van der Waals surface area contributed by atoms with E-state index in [2.05, 4.69) is 24.4 Å². The molecular formula is C25H37NO5. The summed E-state index contributed by atoms with van der Waals surface area (Å²) < 4.78 is 11.4. The average Bonchev–Trinajstić information content (AvgIpc) is 2.80. The van der Waals surface area contributed by atoms with E-state index >= 15 is 0 Å². The van der Waals surface area contributed by atoms with Gasteiger partial charge < -0.3 is 30.1 Å². The van der Waals surface area contributed by atoms with Gasteiger partial charge in [-0.2, -0.15) is 0 Å². The van der Waals surface area contributed by atoms with Crippen LogP contribution in [0, 0.1) is 0 Å². The normalized spacial score (nSPS) is 13.3. The average molecular weight is 432 g/mol. The van der Waals surface area contributed by atoms with Crippen LogP contribution in [-0.4, -0.2) is 48.2 Å². The van der Waals surface area contributed by atoms with Crippen molar-refractivity contribution >= 4 is 0 Å². The summed E-state index contributed by atoms with van der Waals surface area (Å²) in [7, 11) is 0. The van der Waals surface area contributed by atoms with Gasteiger partial charge in [-0.3, -0.25) is 0 Å². The molecule has 0 heterocycles. The quantitative estimate of drug-likeness (QED) is 0.302. The lowest BCUT2D eigenvalue weighted by molar-refractivity contribution is 0.0107. The van der Waals surface area contributed by atoms with Crippen molar-refractivity contribution in [3.63, 3.8) is 0 Å². The molecule has 0 aliphatic rings. The van der Waals surface area contributed by atoms with E-state index < -0.39 is 6.10 Å². The predicted octanol–water partition coefficient (Wildman–Crippen LogP) is 3.86. The Balaban J connectivity index is 1.41. The summed E-state index contributed by atoms with van der Waals surface area (Å²) in [4.78, 5) is 0. The Morgan fingerprint density at radius 3 is 2.45 bits per heavy atom. The van der Waals surface area contributed by atoms with Gasteiger partial charge >= 0.3 is 0 Å². The molecule has 0 bridgehead atoms. The van der Waals surface area contributed by atoms with Crippen LogP contribution in [0.15, 0.2) is 48.5 Å². The second-order valence-electron chi connectivity index (χ2n) is 7.72. The monoisotopic (exact) mass is 431 g/mol. The smallest absolute Gasteiger partial charge is 0.121 e. The number of aliphatic hydroxyl groups is 2. The number of phenols is 1. The lowest BCUT2D eigenvalue weighted by Crippen LogP contribution is -2.22. The van der Waals surface area contributed by atoms with Crippen LogP contribution in [0.25, 0.3) is 0 Å². The lowest BCUT2D eigenvalue weighted by atomic mass is 10.1. The molecule has 0 aromatic heterocycles. The Kier molecular flexibility index (Phi) is 12.2. The van der Waals surface area contributed by atoms with Crippen LogP contribution in [0.1, 0.15) is 61.5 Å². The highest BCUT2D eigenvalue weighted by molar-refractivity contribution is 5.36. The van der Waals surface area contributed by atoms with Crippen LogP contribution in [0.3, 0.4) is 0 Å². The zero-order valence-electron chi connectivity index (χ0n) is 18.5. The van der Waals surface area contributed by atoms with Crippen molar-refractivity contribution in [3.8, 4) is 5.75 Å². The summed E-state index contributed by atoms with van der Waals surface area (Å²) in [6.07, 6.45) is 3.73. The van der Waals surface area contributed by atoms with Crippen LogP contribution < -0.4 is 5.32 Å². The molecule has 2 aromatic rings. The Morgan fingerprint density at radius 2 is 1.68 bits per heavy atom. The van der Waals surface area contributed by atoms with Crippen molar-refractivity contribution in [2.24, 2.45) is 0 Å². The molecule has 6 nitrogen and oxygen atoms in total. The van der Waals surface area contributed by atoms with E-state index in [4.69, 9.17) is 9.47 Å². The Hall–Kier alpha value is -1.96. The molecule has 0 aliphatic heterocycles. The number of aromatic hydroxyl groups is 1. The van der Waals surface area contributed by atoms with Crippen molar-refractivity contribution in [2.45, 2.75) is 51.4 Å². The van der Waals surface area contributed by atoms with E-state index in [0.717, 1.165) is 38.8 Å². The van der Waals surface area contributed by atoms with Crippen LogP contribution in [0.5, 0.6) is 5.75 Å². The van der Waals surface area contributed by atoms with Crippen molar-refractivity contribution in [1.82, 2.24) is 5.32 Å². The summed E-state index contributed by atoms with van der Waals surface area (Å²) >= 11 is 0. The van der Waals surface area contributed by atoms with Gasteiger partial charge in [0.05, 0.1) is 32.0 Å². The van der Waals surface area contributed by atoms with Crippen molar-refractivity contribution in [3.05, 3.63) is 65.2 Å². The Labute approximate surface area is 185 Å². The molecule has 0 aliphatic carbocycles. The molecule has 0 saturated heterocycles. The SMILES string of the molecule is C[C@@H](OCCOCCCCCCNC[C@H](O)c1ccc(O)c(CO)c1)c1ccccc1. The van der Waals surface area contributed by atoms with Crippen molar-refractivity contribution in [1.29, 1.82) is 0 Å². The number of hydrogen-bond donors (Lipinski definition) is 4. The zero-order chi connectivity index (χ0) is 22.3. The first-order chi connectivity index (χ1) is 15.1. The molecule has 172 valence electrons. The maximum Gasteiger partial charge on any atom is 0.121 e. The number of nitrogens with one attached hydrogen (secondary N) is 1. The zero-order valence-corrected chi connectivity index (χ0v) is 18.5. The molecule has 6 heteroatoms. The van der Waals surface area contributed by atoms with Gasteiger partial charge in [0.1, 0.15) is 5.75 Å². The molecule has 0 amide bonds.